The number of benzene rings is 1. The van der Waals surface area contributed by atoms with E-state index in [1.54, 1.807) is 16.8 Å². The predicted octanol–water partition coefficient (Wildman–Crippen LogP) is 2.96. The summed E-state index contributed by atoms with van der Waals surface area (Å²) in [6, 6.07) is 6.94. The normalized spacial score (nSPS) is 15.4. The Balaban J connectivity index is 0.00000225. The second kappa shape index (κ2) is 8.64. The minimum Gasteiger partial charge on any atom is -0.357 e. The van der Waals surface area contributed by atoms with Crippen molar-refractivity contribution >= 4 is 29.9 Å². The van der Waals surface area contributed by atoms with Crippen molar-refractivity contribution in [3.63, 3.8) is 0 Å². The number of nitrogens with zero attached hydrogens (tertiary/aromatic N) is 3. The van der Waals surface area contributed by atoms with Gasteiger partial charge in [-0.05, 0) is 37.5 Å². The molecule has 5 nitrogen and oxygen atoms in total. The maximum Gasteiger partial charge on any atom is 0.191 e. The average Bonchev–Trinajstić information content (AvgIpc) is 3.25. The van der Waals surface area contributed by atoms with Gasteiger partial charge in [0.05, 0.1) is 12.7 Å². The average molecular weight is 457 g/mol. The molecule has 0 aliphatic heterocycles. The fraction of sp³-hybridized carbons (Fsp3) is 0.444. The maximum absolute atomic E-state index is 13.5. The summed E-state index contributed by atoms with van der Waals surface area (Å²) in [5, 5.41) is 10.8. The first kappa shape index (κ1) is 19.7. The Kier molecular flexibility index (Phi) is 6.80. The summed E-state index contributed by atoms with van der Waals surface area (Å²) in [5.41, 5.74) is 2.17. The second-order valence-electron chi connectivity index (χ2n) is 6.36. The molecule has 1 aliphatic rings. The van der Waals surface area contributed by atoms with Crippen LogP contribution in [0.4, 0.5) is 4.39 Å². The predicted molar refractivity (Wildman–Crippen MR) is 109 cm³/mol. The lowest BCUT2D eigenvalue weighted by Gasteiger charge is -2.19. The van der Waals surface area contributed by atoms with Gasteiger partial charge in [0, 0.05) is 37.3 Å². The smallest absolute Gasteiger partial charge is 0.191 e. The SMILES string of the molecule is CCNC(=NCc1cnn(C)c1)NCC1(c2cccc(F)c2)CC1.I. The molecule has 2 N–H and O–H groups in total. The number of nitrogens with one attached hydrogen (secondary N) is 2. The van der Waals surface area contributed by atoms with E-state index in [2.05, 4.69) is 20.7 Å². The molecule has 25 heavy (non-hydrogen) atoms. The van der Waals surface area contributed by atoms with Gasteiger partial charge in [-0.1, -0.05) is 12.1 Å². The highest BCUT2D eigenvalue weighted by Crippen LogP contribution is 2.47. The third-order valence-electron chi connectivity index (χ3n) is 4.41. The van der Waals surface area contributed by atoms with Gasteiger partial charge in [-0.15, -0.1) is 24.0 Å². The summed E-state index contributed by atoms with van der Waals surface area (Å²) < 4.78 is 15.3. The van der Waals surface area contributed by atoms with Crippen molar-refractivity contribution in [3.05, 3.63) is 53.6 Å². The number of halogens is 2. The standard InChI is InChI=1S/C18H24FN5.HI/c1-3-20-17(21-10-14-11-23-24(2)12-14)22-13-18(7-8-18)15-5-4-6-16(19)9-15;/h4-6,9,11-12H,3,7-8,10,13H2,1-2H3,(H2,20,21,22);1H. The molecule has 1 fully saturated rings. The fourth-order valence-electron chi connectivity index (χ4n) is 2.86. The number of aromatic nitrogens is 2. The first-order chi connectivity index (χ1) is 11.6. The molecular formula is C18H25FIN5. The number of guanidine groups is 1. The van der Waals surface area contributed by atoms with E-state index in [4.69, 9.17) is 0 Å². The number of hydrogen-bond acceptors (Lipinski definition) is 2. The highest BCUT2D eigenvalue weighted by molar-refractivity contribution is 14.0. The van der Waals surface area contributed by atoms with Gasteiger partial charge in [-0.2, -0.15) is 5.10 Å². The first-order valence-corrected chi connectivity index (χ1v) is 8.37. The molecule has 1 aromatic carbocycles. The second-order valence-corrected chi connectivity index (χ2v) is 6.36. The molecule has 136 valence electrons. The van der Waals surface area contributed by atoms with E-state index in [9.17, 15) is 4.39 Å². The lowest BCUT2D eigenvalue weighted by molar-refractivity contribution is 0.607. The molecule has 2 aromatic rings. The Morgan fingerprint density at radius 1 is 1.36 bits per heavy atom. The van der Waals surface area contributed by atoms with Gasteiger partial charge < -0.3 is 10.6 Å². The van der Waals surface area contributed by atoms with E-state index in [1.165, 1.54) is 6.07 Å². The van der Waals surface area contributed by atoms with Crippen LogP contribution in [0.1, 0.15) is 30.9 Å². The Bertz CT molecular complexity index is 724. The Hall–Kier alpha value is -1.64. The van der Waals surface area contributed by atoms with Gasteiger partial charge >= 0.3 is 0 Å². The number of hydrogen-bond donors (Lipinski definition) is 2. The van der Waals surface area contributed by atoms with E-state index >= 15 is 0 Å². The van der Waals surface area contributed by atoms with Gasteiger partial charge in [0.15, 0.2) is 5.96 Å². The minimum absolute atomic E-state index is 0. The van der Waals surface area contributed by atoms with Gasteiger partial charge in [0.25, 0.3) is 0 Å². The Morgan fingerprint density at radius 3 is 2.76 bits per heavy atom. The molecule has 0 unspecified atom stereocenters. The van der Waals surface area contributed by atoms with Crippen molar-refractivity contribution in [1.29, 1.82) is 0 Å². The quantitative estimate of drug-likeness (QED) is 0.399. The molecule has 7 heteroatoms. The molecule has 1 aromatic heterocycles. The van der Waals surface area contributed by atoms with Crippen LogP contribution >= 0.6 is 24.0 Å². The van der Waals surface area contributed by atoms with Crippen LogP contribution in [0.3, 0.4) is 0 Å². The van der Waals surface area contributed by atoms with Gasteiger partial charge in [0.2, 0.25) is 0 Å². The molecule has 3 rings (SSSR count). The number of aryl methyl sites for hydroxylation is 1. The van der Waals surface area contributed by atoms with Crippen LogP contribution < -0.4 is 10.6 Å². The van der Waals surface area contributed by atoms with Crippen LogP contribution in [-0.2, 0) is 19.0 Å². The molecule has 0 amide bonds. The fourth-order valence-corrected chi connectivity index (χ4v) is 2.86. The van der Waals surface area contributed by atoms with Crippen molar-refractivity contribution in [3.8, 4) is 0 Å². The molecule has 1 heterocycles. The largest absolute Gasteiger partial charge is 0.357 e. The van der Waals surface area contributed by atoms with Gasteiger partial charge in [-0.3, -0.25) is 4.68 Å². The number of aliphatic imine (C=N–C) groups is 1. The number of rotatable bonds is 6. The maximum atomic E-state index is 13.5. The molecule has 0 atom stereocenters. The lowest BCUT2D eigenvalue weighted by atomic mass is 9.96. The summed E-state index contributed by atoms with van der Waals surface area (Å²) in [6.45, 7) is 4.18. The van der Waals surface area contributed by atoms with Crippen LogP contribution in [0.2, 0.25) is 0 Å². The van der Waals surface area contributed by atoms with Crippen LogP contribution in [0.15, 0.2) is 41.7 Å². The molecule has 0 bridgehead atoms. The van der Waals surface area contributed by atoms with Crippen LogP contribution in [0, 0.1) is 5.82 Å². The van der Waals surface area contributed by atoms with E-state index in [-0.39, 0.29) is 35.2 Å². The zero-order valence-electron chi connectivity index (χ0n) is 14.6. The third kappa shape index (κ3) is 5.17. The summed E-state index contributed by atoms with van der Waals surface area (Å²) in [4.78, 5) is 4.61. The topological polar surface area (TPSA) is 54.2 Å². The molecule has 1 aliphatic carbocycles. The van der Waals surface area contributed by atoms with Crippen LogP contribution in [-0.4, -0.2) is 28.8 Å². The molecule has 1 saturated carbocycles. The highest BCUT2D eigenvalue weighted by Gasteiger charge is 2.44. The van der Waals surface area contributed by atoms with Gasteiger partial charge in [0.1, 0.15) is 5.82 Å². The van der Waals surface area contributed by atoms with Crippen molar-refractivity contribution in [2.24, 2.45) is 12.0 Å². The van der Waals surface area contributed by atoms with E-state index in [0.717, 1.165) is 43.0 Å². The van der Waals surface area contributed by atoms with Crippen LogP contribution in [0.5, 0.6) is 0 Å². The van der Waals surface area contributed by atoms with E-state index in [1.807, 2.05) is 32.4 Å². The monoisotopic (exact) mass is 457 g/mol. The van der Waals surface area contributed by atoms with Crippen molar-refractivity contribution in [1.82, 2.24) is 20.4 Å². The van der Waals surface area contributed by atoms with Crippen molar-refractivity contribution in [2.45, 2.75) is 31.7 Å². The molecule has 0 spiro atoms. The molecule has 0 saturated heterocycles. The zero-order valence-corrected chi connectivity index (χ0v) is 17.0. The summed E-state index contributed by atoms with van der Waals surface area (Å²) >= 11 is 0. The Morgan fingerprint density at radius 2 is 2.16 bits per heavy atom. The van der Waals surface area contributed by atoms with Crippen LogP contribution in [0.25, 0.3) is 0 Å². The minimum atomic E-state index is -0.170. The lowest BCUT2D eigenvalue weighted by Crippen LogP contribution is -2.41. The van der Waals surface area contributed by atoms with Crippen molar-refractivity contribution in [2.75, 3.05) is 13.1 Å². The van der Waals surface area contributed by atoms with Crippen molar-refractivity contribution < 1.29 is 4.39 Å². The summed E-state index contributed by atoms with van der Waals surface area (Å²) in [6.07, 6.45) is 5.93. The van der Waals surface area contributed by atoms with Gasteiger partial charge in [-0.25, -0.2) is 9.38 Å². The molecular weight excluding hydrogens is 432 g/mol. The van der Waals surface area contributed by atoms with E-state index < -0.39 is 0 Å². The summed E-state index contributed by atoms with van der Waals surface area (Å²) in [7, 11) is 1.90. The summed E-state index contributed by atoms with van der Waals surface area (Å²) in [5.74, 6) is 0.611. The molecule has 0 radical (unpaired) electrons. The third-order valence-corrected chi connectivity index (χ3v) is 4.41. The first-order valence-electron chi connectivity index (χ1n) is 8.37. The highest BCUT2D eigenvalue weighted by atomic mass is 127. The zero-order chi connectivity index (χ0) is 17.0. The van der Waals surface area contributed by atoms with E-state index in [0.29, 0.717) is 6.54 Å². The Labute approximate surface area is 165 Å².